The molecule has 0 aromatic heterocycles. The summed E-state index contributed by atoms with van der Waals surface area (Å²) in [6, 6.07) is 0. The predicted molar refractivity (Wildman–Crippen MR) is 303 cm³/mol. The number of aliphatic hydroxyl groups is 2. The van der Waals surface area contributed by atoms with Crippen LogP contribution in [0, 0.1) is 0 Å². The van der Waals surface area contributed by atoms with Gasteiger partial charge in [0, 0.05) is 19.3 Å². The minimum absolute atomic E-state index is 0.0445. The minimum atomic E-state index is -1.91. The van der Waals surface area contributed by atoms with Gasteiger partial charge in [-0.05, 0) is 96.3 Å². The third-order valence-corrected chi connectivity index (χ3v) is 13.8. The summed E-state index contributed by atoms with van der Waals surface area (Å²) in [6.45, 7) is 5.92. The van der Waals surface area contributed by atoms with Gasteiger partial charge in [0.2, 0.25) is 0 Å². The molecule has 1 fully saturated rings. The molecule has 6 unspecified atom stereocenters. The topological polar surface area (TPSA) is 175 Å². The number of hydrogen-bond donors (Lipinski definition) is 3. The van der Waals surface area contributed by atoms with E-state index in [1.807, 2.05) is 0 Å². The summed E-state index contributed by atoms with van der Waals surface area (Å²) in [7, 11) is 0. The van der Waals surface area contributed by atoms with E-state index in [1.54, 1.807) is 0 Å². The summed E-state index contributed by atoms with van der Waals surface area (Å²) in [4.78, 5) is 51.1. The first-order valence-electron chi connectivity index (χ1n) is 30.6. The maximum atomic E-state index is 13.1. The zero-order chi connectivity index (χ0) is 54.7. The van der Waals surface area contributed by atoms with Gasteiger partial charge >= 0.3 is 23.9 Å². The lowest BCUT2D eigenvalue weighted by Crippen LogP contribution is -2.61. The molecule has 0 aliphatic carbocycles. The van der Waals surface area contributed by atoms with Crippen LogP contribution in [-0.4, -0.2) is 89.2 Å². The average molecular weight is 1060 g/mol. The van der Waals surface area contributed by atoms with Crippen molar-refractivity contribution in [3.63, 3.8) is 0 Å². The quantitative estimate of drug-likeness (QED) is 0.0228. The molecule has 434 valence electrons. The first kappa shape index (κ1) is 69.7. The number of aliphatic hydroxyl groups excluding tert-OH is 2. The number of esters is 3. The molecule has 1 heterocycles. The number of ether oxygens (including phenoxy) is 5. The molecular weight excluding hydrogens is 949 g/mol. The number of rotatable bonds is 52. The Labute approximate surface area is 456 Å². The van der Waals surface area contributed by atoms with Gasteiger partial charge in [-0.2, -0.15) is 0 Å². The third-order valence-electron chi connectivity index (χ3n) is 13.8. The SMILES string of the molecule is CCCC/C=C\CCCCCCCC(=O)OC(COC(=O)CCCCCCCCCCC/C=C\CCCCCCCC)COC1OC(C(=O)O)C(O)C(O)C1OC(=O)CCCCCCC/C=C\C/C=C\CCCCC. The molecule has 12 nitrogen and oxygen atoms in total. The van der Waals surface area contributed by atoms with Crippen molar-refractivity contribution in [2.75, 3.05) is 13.2 Å². The van der Waals surface area contributed by atoms with Gasteiger partial charge in [0.05, 0.1) is 6.61 Å². The van der Waals surface area contributed by atoms with Gasteiger partial charge in [-0.25, -0.2) is 4.79 Å². The molecule has 1 aliphatic heterocycles. The van der Waals surface area contributed by atoms with Crippen molar-refractivity contribution in [1.82, 2.24) is 0 Å². The highest BCUT2D eigenvalue weighted by Crippen LogP contribution is 2.26. The molecule has 0 spiro atoms. The van der Waals surface area contributed by atoms with E-state index in [9.17, 15) is 34.5 Å². The molecule has 1 rings (SSSR count). The van der Waals surface area contributed by atoms with E-state index in [0.29, 0.717) is 19.3 Å². The number of hydrogen-bond acceptors (Lipinski definition) is 11. The Bertz CT molecular complexity index is 1490. The van der Waals surface area contributed by atoms with Crippen LogP contribution in [0.25, 0.3) is 0 Å². The normalized spacial score (nSPS) is 18.4. The monoisotopic (exact) mass is 1060 g/mol. The lowest BCUT2D eigenvalue weighted by Gasteiger charge is -2.40. The van der Waals surface area contributed by atoms with E-state index in [2.05, 4.69) is 69.4 Å². The van der Waals surface area contributed by atoms with Crippen molar-refractivity contribution in [3.8, 4) is 0 Å². The maximum Gasteiger partial charge on any atom is 0.335 e. The zero-order valence-corrected chi connectivity index (χ0v) is 47.8. The van der Waals surface area contributed by atoms with Gasteiger partial charge in [-0.15, -0.1) is 0 Å². The van der Waals surface area contributed by atoms with Crippen LogP contribution in [0.2, 0.25) is 0 Å². The predicted octanol–water partition coefficient (Wildman–Crippen LogP) is 15.8. The summed E-state index contributed by atoms with van der Waals surface area (Å²) >= 11 is 0. The second-order valence-corrected chi connectivity index (χ2v) is 21.0. The van der Waals surface area contributed by atoms with Crippen molar-refractivity contribution in [1.29, 1.82) is 0 Å². The van der Waals surface area contributed by atoms with Crippen LogP contribution in [0.15, 0.2) is 48.6 Å². The molecule has 1 saturated heterocycles. The number of aliphatic carboxylic acids is 1. The van der Waals surface area contributed by atoms with E-state index in [1.165, 1.54) is 116 Å². The van der Waals surface area contributed by atoms with Crippen LogP contribution >= 0.6 is 0 Å². The van der Waals surface area contributed by atoms with Crippen LogP contribution in [0.1, 0.15) is 278 Å². The molecule has 75 heavy (non-hydrogen) atoms. The molecule has 0 aromatic carbocycles. The Morgan fingerprint density at radius 2 is 0.813 bits per heavy atom. The number of carboxylic acids is 1. The second kappa shape index (κ2) is 51.4. The lowest BCUT2D eigenvalue weighted by molar-refractivity contribution is -0.301. The van der Waals surface area contributed by atoms with E-state index >= 15 is 0 Å². The van der Waals surface area contributed by atoms with Crippen molar-refractivity contribution in [2.45, 2.75) is 314 Å². The fourth-order valence-electron chi connectivity index (χ4n) is 9.08. The van der Waals surface area contributed by atoms with Crippen molar-refractivity contribution >= 4 is 23.9 Å². The number of allylic oxidation sites excluding steroid dienone is 8. The van der Waals surface area contributed by atoms with Crippen LogP contribution in [-0.2, 0) is 42.9 Å². The lowest BCUT2D eigenvalue weighted by atomic mass is 9.98. The van der Waals surface area contributed by atoms with Crippen LogP contribution in [0.5, 0.6) is 0 Å². The van der Waals surface area contributed by atoms with Crippen molar-refractivity contribution in [3.05, 3.63) is 48.6 Å². The van der Waals surface area contributed by atoms with Gasteiger partial charge in [-0.3, -0.25) is 14.4 Å². The van der Waals surface area contributed by atoms with Gasteiger partial charge < -0.3 is 39.0 Å². The Balaban J connectivity index is 2.65. The van der Waals surface area contributed by atoms with E-state index in [0.717, 1.165) is 103 Å². The summed E-state index contributed by atoms with van der Waals surface area (Å²) in [5.41, 5.74) is 0. The first-order valence-corrected chi connectivity index (χ1v) is 30.6. The van der Waals surface area contributed by atoms with Crippen LogP contribution in [0.4, 0.5) is 0 Å². The molecule has 12 heteroatoms. The Kier molecular flexibility index (Phi) is 47.8. The maximum absolute atomic E-state index is 13.1. The molecular formula is C63H110O12. The molecule has 0 radical (unpaired) electrons. The Morgan fingerprint density at radius 1 is 0.440 bits per heavy atom. The molecule has 0 amide bonds. The Hall–Kier alpha value is -3.32. The average Bonchev–Trinajstić information content (AvgIpc) is 3.39. The highest BCUT2D eigenvalue weighted by Gasteiger charge is 2.50. The first-order chi connectivity index (χ1) is 36.6. The third kappa shape index (κ3) is 41.5. The molecule has 0 saturated carbocycles. The second-order valence-electron chi connectivity index (χ2n) is 21.0. The number of unbranched alkanes of at least 4 members (excludes halogenated alkanes) is 30. The highest BCUT2D eigenvalue weighted by molar-refractivity contribution is 5.74. The van der Waals surface area contributed by atoms with Gasteiger partial charge in [-0.1, -0.05) is 211 Å². The largest absolute Gasteiger partial charge is 0.479 e. The highest BCUT2D eigenvalue weighted by atomic mass is 16.7. The number of carbonyl (C=O) groups excluding carboxylic acids is 3. The van der Waals surface area contributed by atoms with Gasteiger partial charge in [0.25, 0.3) is 0 Å². The summed E-state index contributed by atoms with van der Waals surface area (Å²) in [6.07, 6.45) is 49.4. The van der Waals surface area contributed by atoms with E-state index < -0.39 is 67.3 Å². The summed E-state index contributed by atoms with van der Waals surface area (Å²) in [5.74, 6) is -3.14. The molecule has 3 N–H and O–H groups in total. The van der Waals surface area contributed by atoms with Crippen LogP contribution < -0.4 is 0 Å². The van der Waals surface area contributed by atoms with Crippen molar-refractivity contribution in [2.24, 2.45) is 0 Å². The molecule has 0 bridgehead atoms. The van der Waals surface area contributed by atoms with E-state index in [-0.39, 0.29) is 25.9 Å². The molecule has 0 aromatic rings. The smallest absolute Gasteiger partial charge is 0.335 e. The molecule has 6 atom stereocenters. The number of carboxylic acid groups (broad SMARTS) is 1. The van der Waals surface area contributed by atoms with Crippen molar-refractivity contribution < 1.29 is 58.2 Å². The minimum Gasteiger partial charge on any atom is -0.479 e. The molecule has 1 aliphatic rings. The van der Waals surface area contributed by atoms with E-state index in [4.69, 9.17) is 23.7 Å². The number of carbonyl (C=O) groups is 4. The van der Waals surface area contributed by atoms with Crippen LogP contribution in [0.3, 0.4) is 0 Å². The Morgan fingerprint density at radius 3 is 1.28 bits per heavy atom. The van der Waals surface area contributed by atoms with Gasteiger partial charge in [0.1, 0.15) is 18.8 Å². The fraction of sp³-hybridized carbons (Fsp3) is 0.810. The fourth-order valence-corrected chi connectivity index (χ4v) is 9.08. The van der Waals surface area contributed by atoms with Gasteiger partial charge in [0.15, 0.2) is 24.6 Å². The zero-order valence-electron chi connectivity index (χ0n) is 47.8. The summed E-state index contributed by atoms with van der Waals surface area (Å²) in [5, 5.41) is 31.5. The standard InChI is InChI=1S/C63H110O12/c1-4-7-10-13-16-19-22-24-26-27-28-29-31-32-35-37-40-43-46-49-55(64)71-52-54(73-56(65)50-47-44-41-38-34-21-18-15-12-9-6-3)53-72-63-61(59(68)58(67)60(75-63)62(69)70)74-57(66)51-48-45-42-39-36-33-30-25-23-20-17-14-11-8-5-2/h15,17-18,20,24-26,30,54,58-61,63,67-68H,4-14,16,19,21-23,27-29,31-53H2,1-3H3,(H,69,70)/b18-15-,20-17-,26-24-,30-25-. The summed E-state index contributed by atoms with van der Waals surface area (Å²) < 4.78 is 28.4.